The molecule has 4 heteroatoms. The molecule has 0 amide bonds. The van der Waals surface area contributed by atoms with E-state index in [9.17, 15) is 0 Å². The summed E-state index contributed by atoms with van der Waals surface area (Å²) in [4.78, 5) is 2.57. The number of hydrogen-bond donors (Lipinski definition) is 1. The van der Waals surface area contributed by atoms with E-state index in [2.05, 4.69) is 26.9 Å². The smallest absolute Gasteiger partial charge is 0.169 e. The summed E-state index contributed by atoms with van der Waals surface area (Å²) in [5.41, 5.74) is 6.36. The summed E-state index contributed by atoms with van der Waals surface area (Å²) < 4.78 is 6.56. The average Bonchev–Trinajstić information content (AvgIpc) is 3.07. The van der Waals surface area contributed by atoms with Gasteiger partial charge >= 0.3 is 0 Å². The molecule has 1 saturated heterocycles. The normalized spacial score (nSPS) is 31.4. The van der Waals surface area contributed by atoms with Crippen molar-refractivity contribution in [3.63, 3.8) is 0 Å². The number of rotatable bonds is 2. The number of halogens is 1. The molecule has 2 heterocycles. The molecule has 1 aliphatic carbocycles. The number of furan rings is 1. The highest BCUT2D eigenvalue weighted by atomic mass is 79.9. The average molecular weight is 299 g/mol. The monoisotopic (exact) mass is 298 g/mol. The third-order valence-corrected chi connectivity index (χ3v) is 4.29. The van der Waals surface area contributed by atoms with Crippen LogP contribution in [0, 0.1) is 0 Å². The Balaban J connectivity index is 1.89. The van der Waals surface area contributed by atoms with Crippen molar-refractivity contribution in [1.82, 2.24) is 4.90 Å². The minimum Gasteiger partial charge on any atom is -0.453 e. The Bertz CT molecular complexity index is 389. The summed E-state index contributed by atoms with van der Waals surface area (Å²) in [6.45, 7) is 1.17. The molecule has 2 atom stereocenters. The minimum atomic E-state index is 0.205. The van der Waals surface area contributed by atoms with Crippen molar-refractivity contribution in [2.75, 3.05) is 6.54 Å². The van der Waals surface area contributed by atoms with Crippen LogP contribution in [0.4, 0.5) is 0 Å². The van der Waals surface area contributed by atoms with Crippen molar-refractivity contribution in [3.8, 4) is 0 Å². The van der Waals surface area contributed by atoms with Crippen molar-refractivity contribution in [2.24, 2.45) is 5.73 Å². The van der Waals surface area contributed by atoms with E-state index in [1.165, 1.54) is 32.2 Å². The van der Waals surface area contributed by atoms with E-state index in [-0.39, 0.29) is 12.1 Å². The first-order chi connectivity index (χ1) is 8.25. The van der Waals surface area contributed by atoms with E-state index < -0.39 is 0 Å². The van der Waals surface area contributed by atoms with E-state index in [1.807, 2.05) is 6.07 Å². The van der Waals surface area contributed by atoms with Crippen molar-refractivity contribution in [2.45, 2.75) is 50.2 Å². The van der Waals surface area contributed by atoms with Gasteiger partial charge in [0.2, 0.25) is 0 Å². The second-order valence-electron chi connectivity index (χ2n) is 5.22. The highest BCUT2D eigenvalue weighted by molar-refractivity contribution is 9.10. The largest absolute Gasteiger partial charge is 0.453 e. The Kier molecular flexibility index (Phi) is 3.28. The van der Waals surface area contributed by atoms with Crippen LogP contribution in [0.1, 0.15) is 43.9 Å². The van der Waals surface area contributed by atoms with Crippen LogP contribution >= 0.6 is 15.9 Å². The lowest BCUT2D eigenvalue weighted by molar-refractivity contribution is 0.152. The van der Waals surface area contributed by atoms with Crippen molar-refractivity contribution in [3.05, 3.63) is 22.6 Å². The molecule has 1 saturated carbocycles. The predicted octanol–water partition coefficient (Wildman–Crippen LogP) is 3.06. The first-order valence-corrected chi connectivity index (χ1v) is 7.31. The first-order valence-electron chi connectivity index (χ1n) is 6.52. The maximum atomic E-state index is 6.36. The maximum absolute atomic E-state index is 6.36. The zero-order valence-electron chi connectivity index (χ0n) is 9.94. The lowest BCUT2D eigenvalue weighted by Gasteiger charge is -2.31. The van der Waals surface area contributed by atoms with Crippen LogP contribution in [0.2, 0.25) is 0 Å². The Morgan fingerprint density at radius 2 is 2.06 bits per heavy atom. The van der Waals surface area contributed by atoms with Gasteiger partial charge in [0.15, 0.2) is 4.67 Å². The molecule has 3 rings (SSSR count). The molecule has 3 nitrogen and oxygen atoms in total. The SMILES string of the molecule is NC1CCCCN(C2CC2)C1c1ccc(Br)o1. The molecule has 2 N–H and O–H groups in total. The van der Waals surface area contributed by atoms with Crippen LogP contribution in [0.3, 0.4) is 0 Å². The first kappa shape index (κ1) is 11.8. The summed E-state index contributed by atoms with van der Waals surface area (Å²) >= 11 is 3.38. The van der Waals surface area contributed by atoms with Crippen molar-refractivity contribution >= 4 is 15.9 Å². The summed E-state index contributed by atoms with van der Waals surface area (Å²) in [5, 5.41) is 0. The highest BCUT2D eigenvalue weighted by Crippen LogP contribution is 2.39. The summed E-state index contributed by atoms with van der Waals surface area (Å²) in [5.74, 6) is 1.03. The molecule has 0 aromatic carbocycles. The van der Waals surface area contributed by atoms with Crippen molar-refractivity contribution in [1.29, 1.82) is 0 Å². The third kappa shape index (κ3) is 2.44. The lowest BCUT2D eigenvalue weighted by Crippen LogP contribution is -2.40. The Morgan fingerprint density at radius 1 is 1.24 bits per heavy atom. The number of likely N-dealkylation sites (tertiary alicyclic amines) is 1. The van der Waals surface area contributed by atoms with E-state index in [1.54, 1.807) is 0 Å². The second-order valence-corrected chi connectivity index (χ2v) is 6.00. The van der Waals surface area contributed by atoms with Gasteiger partial charge in [-0.05, 0) is 60.3 Å². The molecule has 2 fully saturated rings. The van der Waals surface area contributed by atoms with Gasteiger partial charge in [0.1, 0.15) is 5.76 Å². The van der Waals surface area contributed by atoms with E-state index in [0.29, 0.717) is 0 Å². The summed E-state index contributed by atoms with van der Waals surface area (Å²) in [6, 6.07) is 5.26. The number of nitrogens with zero attached hydrogens (tertiary/aromatic N) is 1. The molecule has 0 spiro atoms. The zero-order valence-corrected chi connectivity index (χ0v) is 11.5. The topological polar surface area (TPSA) is 42.4 Å². The van der Waals surface area contributed by atoms with Gasteiger partial charge in [-0.1, -0.05) is 6.42 Å². The van der Waals surface area contributed by atoms with Crippen LogP contribution in [-0.4, -0.2) is 23.5 Å². The van der Waals surface area contributed by atoms with Crippen LogP contribution in [0.15, 0.2) is 21.2 Å². The minimum absolute atomic E-state index is 0.205. The fourth-order valence-corrected chi connectivity index (χ4v) is 3.21. The summed E-state index contributed by atoms with van der Waals surface area (Å²) in [6.07, 6.45) is 6.26. The predicted molar refractivity (Wildman–Crippen MR) is 70.7 cm³/mol. The quantitative estimate of drug-likeness (QED) is 0.912. The Labute approximate surface area is 110 Å². The molecule has 2 unspecified atom stereocenters. The van der Waals surface area contributed by atoms with Gasteiger partial charge in [0.25, 0.3) is 0 Å². The standard InChI is InChI=1S/C13H19BrN2O/c14-12-7-6-11(17-12)13-10(15)3-1-2-8-16(13)9-4-5-9/h6-7,9-10,13H,1-5,8,15H2. The van der Waals surface area contributed by atoms with Crippen LogP contribution < -0.4 is 5.73 Å². The van der Waals surface area contributed by atoms with Crippen LogP contribution in [-0.2, 0) is 0 Å². The molecule has 2 aliphatic rings. The van der Waals surface area contributed by atoms with Gasteiger partial charge in [-0.15, -0.1) is 0 Å². The van der Waals surface area contributed by atoms with E-state index in [4.69, 9.17) is 10.2 Å². The molecule has 1 aromatic rings. The van der Waals surface area contributed by atoms with Crippen LogP contribution in [0.25, 0.3) is 0 Å². The molecule has 0 radical (unpaired) electrons. The van der Waals surface area contributed by atoms with Gasteiger partial charge in [0, 0.05) is 12.1 Å². The van der Waals surface area contributed by atoms with Crippen molar-refractivity contribution < 1.29 is 4.42 Å². The third-order valence-electron chi connectivity index (χ3n) is 3.87. The van der Waals surface area contributed by atoms with Gasteiger partial charge in [0.05, 0.1) is 6.04 Å². The second kappa shape index (κ2) is 4.75. The number of nitrogens with two attached hydrogens (primary N) is 1. The molecule has 17 heavy (non-hydrogen) atoms. The van der Waals surface area contributed by atoms with Crippen LogP contribution in [0.5, 0.6) is 0 Å². The fourth-order valence-electron chi connectivity index (χ4n) is 2.89. The fraction of sp³-hybridized carbons (Fsp3) is 0.692. The van der Waals surface area contributed by atoms with Gasteiger partial charge in [-0.2, -0.15) is 0 Å². The Hall–Kier alpha value is -0.320. The maximum Gasteiger partial charge on any atom is 0.169 e. The zero-order chi connectivity index (χ0) is 11.8. The lowest BCUT2D eigenvalue weighted by atomic mass is 10.0. The summed E-state index contributed by atoms with van der Waals surface area (Å²) in [7, 11) is 0. The molecule has 0 bridgehead atoms. The highest BCUT2D eigenvalue weighted by Gasteiger charge is 2.39. The van der Waals surface area contributed by atoms with E-state index in [0.717, 1.165) is 22.9 Å². The van der Waals surface area contributed by atoms with Gasteiger partial charge in [-0.3, -0.25) is 4.90 Å². The Morgan fingerprint density at radius 3 is 2.71 bits per heavy atom. The van der Waals surface area contributed by atoms with Gasteiger partial charge in [-0.25, -0.2) is 0 Å². The van der Waals surface area contributed by atoms with Gasteiger partial charge < -0.3 is 10.2 Å². The van der Waals surface area contributed by atoms with E-state index >= 15 is 0 Å². The molecular formula is C13H19BrN2O. The molecule has 94 valence electrons. The molecular weight excluding hydrogens is 280 g/mol. The number of hydrogen-bond acceptors (Lipinski definition) is 3. The molecule has 1 aromatic heterocycles. The molecule has 1 aliphatic heterocycles.